The molecule has 112 valence electrons. The van der Waals surface area contributed by atoms with E-state index in [1.165, 1.54) is 7.11 Å². The third-order valence-electron chi connectivity index (χ3n) is 3.92. The van der Waals surface area contributed by atoms with Gasteiger partial charge in [-0.15, -0.1) is 0 Å². The van der Waals surface area contributed by atoms with E-state index in [-0.39, 0.29) is 5.97 Å². The number of carbonyl (C=O) groups excluding carboxylic acids is 1. The van der Waals surface area contributed by atoms with Crippen LogP contribution in [0.1, 0.15) is 33.1 Å². The van der Waals surface area contributed by atoms with Crippen LogP contribution in [0.4, 0.5) is 0 Å². The lowest BCUT2D eigenvalue weighted by molar-refractivity contribution is -0.148. The van der Waals surface area contributed by atoms with Gasteiger partial charge < -0.3 is 19.7 Å². The Morgan fingerprint density at radius 3 is 2.84 bits per heavy atom. The first-order valence-electron chi connectivity index (χ1n) is 7.15. The van der Waals surface area contributed by atoms with Crippen molar-refractivity contribution in [2.75, 3.05) is 40.5 Å². The fourth-order valence-corrected chi connectivity index (χ4v) is 2.61. The van der Waals surface area contributed by atoms with Crippen molar-refractivity contribution in [3.05, 3.63) is 0 Å². The molecule has 1 aliphatic rings. The lowest BCUT2D eigenvalue weighted by atomic mass is 9.95. The van der Waals surface area contributed by atoms with E-state index < -0.39 is 5.54 Å². The van der Waals surface area contributed by atoms with Crippen LogP contribution < -0.4 is 5.32 Å². The van der Waals surface area contributed by atoms with Gasteiger partial charge >= 0.3 is 5.97 Å². The minimum Gasteiger partial charge on any atom is -0.468 e. The minimum atomic E-state index is -0.573. The van der Waals surface area contributed by atoms with E-state index >= 15 is 0 Å². The highest BCUT2D eigenvalue weighted by atomic mass is 16.5. The van der Waals surface area contributed by atoms with E-state index in [2.05, 4.69) is 17.3 Å². The molecule has 1 heterocycles. The average molecular weight is 272 g/mol. The molecule has 1 saturated heterocycles. The second-order valence-corrected chi connectivity index (χ2v) is 5.46. The van der Waals surface area contributed by atoms with Crippen molar-refractivity contribution in [2.45, 2.75) is 44.7 Å². The third kappa shape index (κ3) is 4.75. The molecule has 0 amide bonds. The third-order valence-corrected chi connectivity index (χ3v) is 3.92. The summed E-state index contributed by atoms with van der Waals surface area (Å²) in [5.74, 6) is -0.179. The number of ether oxygens (including phenoxy) is 2. The average Bonchev–Trinajstić information content (AvgIpc) is 2.91. The van der Waals surface area contributed by atoms with Gasteiger partial charge in [-0.25, -0.2) is 0 Å². The molecule has 19 heavy (non-hydrogen) atoms. The Morgan fingerprint density at radius 2 is 2.32 bits per heavy atom. The Morgan fingerprint density at radius 1 is 1.58 bits per heavy atom. The molecule has 1 rings (SSSR count). The van der Waals surface area contributed by atoms with Gasteiger partial charge in [0.15, 0.2) is 0 Å². The largest absolute Gasteiger partial charge is 0.468 e. The number of nitrogens with one attached hydrogen (secondary N) is 1. The van der Waals surface area contributed by atoms with E-state index in [1.807, 2.05) is 13.8 Å². The van der Waals surface area contributed by atoms with Crippen molar-refractivity contribution in [3.8, 4) is 0 Å². The van der Waals surface area contributed by atoms with Crippen molar-refractivity contribution in [2.24, 2.45) is 0 Å². The lowest BCUT2D eigenvalue weighted by Crippen LogP contribution is -2.50. The highest BCUT2D eigenvalue weighted by Gasteiger charge is 2.33. The van der Waals surface area contributed by atoms with Gasteiger partial charge in [0.25, 0.3) is 0 Å². The molecule has 0 aromatic carbocycles. The van der Waals surface area contributed by atoms with Crippen LogP contribution in [0.25, 0.3) is 0 Å². The molecular weight excluding hydrogens is 244 g/mol. The predicted octanol–water partition coefficient (Wildman–Crippen LogP) is 1.03. The zero-order valence-corrected chi connectivity index (χ0v) is 12.7. The number of nitrogens with zero attached hydrogens (tertiary/aromatic N) is 1. The van der Waals surface area contributed by atoms with E-state index in [1.54, 1.807) is 0 Å². The molecule has 0 aromatic heterocycles. The van der Waals surface area contributed by atoms with Crippen LogP contribution in [0.15, 0.2) is 0 Å². The highest BCUT2D eigenvalue weighted by Crippen LogP contribution is 2.16. The maximum Gasteiger partial charge on any atom is 0.325 e. The summed E-state index contributed by atoms with van der Waals surface area (Å²) in [6, 6.07) is 0.531. The van der Waals surface area contributed by atoms with Gasteiger partial charge in [-0.2, -0.15) is 0 Å². The van der Waals surface area contributed by atoms with Crippen molar-refractivity contribution < 1.29 is 14.3 Å². The van der Waals surface area contributed by atoms with Gasteiger partial charge in [0.1, 0.15) is 5.54 Å². The number of rotatable bonds is 8. The smallest absolute Gasteiger partial charge is 0.325 e. The van der Waals surface area contributed by atoms with Crippen molar-refractivity contribution in [3.63, 3.8) is 0 Å². The molecular formula is C14H28N2O3. The quantitative estimate of drug-likeness (QED) is 0.669. The Hall–Kier alpha value is -0.650. The minimum absolute atomic E-state index is 0.179. The van der Waals surface area contributed by atoms with Gasteiger partial charge in [-0.1, -0.05) is 6.92 Å². The van der Waals surface area contributed by atoms with Gasteiger partial charge in [-0.05, 0) is 46.3 Å². The maximum atomic E-state index is 11.8. The second kappa shape index (κ2) is 7.82. The molecule has 5 nitrogen and oxygen atoms in total. The maximum absolute atomic E-state index is 11.8. The first kappa shape index (κ1) is 16.4. The molecule has 0 aromatic rings. The topological polar surface area (TPSA) is 50.8 Å². The van der Waals surface area contributed by atoms with Gasteiger partial charge in [-0.3, -0.25) is 4.79 Å². The summed E-state index contributed by atoms with van der Waals surface area (Å²) >= 11 is 0. The standard InChI is InChI=1S/C14H28N2O3/c1-5-15-14(2,13(17)18-4)8-6-9-16(3)12-7-10-19-11-12/h12,15H,5-11H2,1-4H3. The Bertz CT molecular complexity index is 280. The van der Waals surface area contributed by atoms with Crippen LogP contribution in [-0.2, 0) is 14.3 Å². The molecule has 0 aliphatic carbocycles. The summed E-state index contributed by atoms with van der Waals surface area (Å²) in [5, 5.41) is 3.24. The number of hydrogen-bond acceptors (Lipinski definition) is 5. The van der Waals surface area contributed by atoms with Gasteiger partial charge in [0.05, 0.1) is 13.7 Å². The second-order valence-electron chi connectivity index (χ2n) is 5.46. The monoisotopic (exact) mass is 272 g/mol. The predicted molar refractivity (Wildman–Crippen MR) is 75.2 cm³/mol. The van der Waals surface area contributed by atoms with Crippen molar-refractivity contribution in [1.29, 1.82) is 0 Å². The molecule has 5 heteroatoms. The molecule has 0 radical (unpaired) electrons. The number of likely N-dealkylation sites (N-methyl/N-ethyl adjacent to an activating group) is 2. The fourth-order valence-electron chi connectivity index (χ4n) is 2.61. The summed E-state index contributed by atoms with van der Waals surface area (Å²) in [4.78, 5) is 14.2. The molecule has 2 unspecified atom stereocenters. The molecule has 1 fully saturated rings. The van der Waals surface area contributed by atoms with Crippen LogP contribution >= 0.6 is 0 Å². The number of hydrogen-bond donors (Lipinski definition) is 1. The summed E-state index contributed by atoms with van der Waals surface area (Å²) in [5.41, 5.74) is -0.573. The van der Waals surface area contributed by atoms with E-state index in [0.29, 0.717) is 6.04 Å². The fraction of sp³-hybridized carbons (Fsp3) is 0.929. The first-order chi connectivity index (χ1) is 9.03. The van der Waals surface area contributed by atoms with E-state index in [4.69, 9.17) is 9.47 Å². The number of carbonyl (C=O) groups is 1. The molecule has 2 atom stereocenters. The molecule has 1 N–H and O–H groups in total. The zero-order chi connectivity index (χ0) is 14.3. The zero-order valence-electron chi connectivity index (χ0n) is 12.7. The van der Waals surface area contributed by atoms with Crippen LogP contribution in [0.5, 0.6) is 0 Å². The molecule has 0 bridgehead atoms. The Balaban J connectivity index is 2.37. The lowest BCUT2D eigenvalue weighted by Gasteiger charge is -2.29. The van der Waals surface area contributed by atoms with Crippen LogP contribution in [0.3, 0.4) is 0 Å². The van der Waals surface area contributed by atoms with Gasteiger partial charge in [0, 0.05) is 12.6 Å². The summed E-state index contributed by atoms with van der Waals surface area (Å²) in [6.07, 6.45) is 2.86. The highest BCUT2D eigenvalue weighted by molar-refractivity contribution is 5.80. The van der Waals surface area contributed by atoms with E-state index in [0.717, 1.165) is 45.6 Å². The number of esters is 1. The van der Waals surface area contributed by atoms with Gasteiger partial charge in [0.2, 0.25) is 0 Å². The van der Waals surface area contributed by atoms with Crippen LogP contribution in [-0.4, -0.2) is 62.9 Å². The molecule has 0 spiro atoms. The normalized spacial score (nSPS) is 22.5. The molecule has 1 aliphatic heterocycles. The van der Waals surface area contributed by atoms with Crippen molar-refractivity contribution >= 4 is 5.97 Å². The first-order valence-corrected chi connectivity index (χ1v) is 7.15. The Labute approximate surface area is 116 Å². The SMILES string of the molecule is CCNC(C)(CCCN(C)C1CCOC1)C(=O)OC. The number of methoxy groups -OCH3 is 1. The summed E-state index contributed by atoms with van der Waals surface area (Å²) in [7, 11) is 3.57. The summed E-state index contributed by atoms with van der Waals surface area (Å²) in [6.45, 7) is 7.36. The van der Waals surface area contributed by atoms with E-state index in [9.17, 15) is 4.79 Å². The Kier molecular flexibility index (Phi) is 6.75. The molecule has 0 saturated carbocycles. The van der Waals surface area contributed by atoms with Crippen LogP contribution in [0, 0.1) is 0 Å². The van der Waals surface area contributed by atoms with Crippen molar-refractivity contribution in [1.82, 2.24) is 10.2 Å². The van der Waals surface area contributed by atoms with Crippen LogP contribution in [0.2, 0.25) is 0 Å². The summed E-state index contributed by atoms with van der Waals surface area (Å²) < 4.78 is 10.3.